The van der Waals surface area contributed by atoms with Crippen molar-refractivity contribution in [2.24, 2.45) is 5.92 Å². The minimum atomic E-state index is -1.04. The number of rotatable bonds is 6. The van der Waals surface area contributed by atoms with E-state index in [0.717, 1.165) is 5.56 Å². The lowest BCUT2D eigenvalue weighted by atomic mass is 10.0. The average molecular weight is 280 g/mol. The Bertz CT molecular complexity index is 457. The summed E-state index contributed by atoms with van der Waals surface area (Å²) in [5.41, 5.74) is 0.814. The van der Waals surface area contributed by atoms with Gasteiger partial charge in [0.1, 0.15) is 11.8 Å². The van der Waals surface area contributed by atoms with Gasteiger partial charge in [0.05, 0.1) is 0 Å². The van der Waals surface area contributed by atoms with Crippen LogP contribution in [0.25, 0.3) is 0 Å². The second-order valence-corrected chi connectivity index (χ2v) is 5.01. The average Bonchev–Trinajstić information content (AvgIpc) is 2.36. The van der Waals surface area contributed by atoms with Crippen LogP contribution in [0, 0.1) is 5.92 Å². The van der Waals surface area contributed by atoms with Gasteiger partial charge in [-0.15, -0.1) is 0 Å². The molecule has 0 radical (unpaired) electrons. The second-order valence-electron chi connectivity index (χ2n) is 5.01. The number of urea groups is 1. The molecule has 0 fully saturated rings. The van der Waals surface area contributed by atoms with E-state index in [1.807, 2.05) is 13.8 Å². The lowest BCUT2D eigenvalue weighted by Gasteiger charge is -2.16. The Morgan fingerprint density at radius 2 is 1.80 bits per heavy atom. The summed E-state index contributed by atoms with van der Waals surface area (Å²) in [5.74, 6) is -0.715. The molecule has 0 saturated heterocycles. The minimum absolute atomic E-state index is 0.154. The second kappa shape index (κ2) is 7.37. The number of amides is 2. The predicted molar refractivity (Wildman–Crippen MR) is 74.4 cm³/mol. The molecule has 0 aliphatic rings. The molecular formula is C14H20N2O4. The van der Waals surface area contributed by atoms with Crippen LogP contribution >= 0.6 is 0 Å². The van der Waals surface area contributed by atoms with Gasteiger partial charge in [0, 0.05) is 6.54 Å². The standard InChI is InChI=1S/C14H20N2O4/c1-9(2)7-12(13(18)19)16-14(20)15-8-10-3-5-11(17)6-4-10/h3-6,9,12,17H,7-8H2,1-2H3,(H,18,19)(H2,15,16,20). The van der Waals surface area contributed by atoms with Crippen LogP contribution in [0.1, 0.15) is 25.8 Å². The van der Waals surface area contributed by atoms with E-state index in [1.54, 1.807) is 12.1 Å². The van der Waals surface area contributed by atoms with Crippen molar-refractivity contribution in [3.05, 3.63) is 29.8 Å². The van der Waals surface area contributed by atoms with E-state index in [-0.39, 0.29) is 18.2 Å². The first-order valence-electron chi connectivity index (χ1n) is 6.43. The first-order chi connectivity index (χ1) is 9.38. The number of hydrogen-bond donors (Lipinski definition) is 4. The van der Waals surface area contributed by atoms with Crippen molar-refractivity contribution in [2.45, 2.75) is 32.9 Å². The van der Waals surface area contributed by atoms with Crippen LogP contribution in [0.2, 0.25) is 0 Å². The number of aromatic hydroxyl groups is 1. The fourth-order valence-corrected chi connectivity index (χ4v) is 1.70. The van der Waals surface area contributed by atoms with E-state index in [2.05, 4.69) is 10.6 Å². The molecule has 4 N–H and O–H groups in total. The number of hydrogen-bond acceptors (Lipinski definition) is 3. The Labute approximate surface area is 117 Å². The Hall–Kier alpha value is -2.24. The summed E-state index contributed by atoms with van der Waals surface area (Å²) >= 11 is 0. The maximum absolute atomic E-state index is 11.6. The van der Waals surface area contributed by atoms with Gasteiger partial charge in [-0.2, -0.15) is 0 Å². The third-order valence-electron chi connectivity index (χ3n) is 2.70. The van der Waals surface area contributed by atoms with Gasteiger partial charge >= 0.3 is 12.0 Å². The van der Waals surface area contributed by atoms with Gasteiger partial charge in [0.2, 0.25) is 0 Å². The molecule has 0 aliphatic carbocycles. The first kappa shape index (κ1) is 15.8. The van der Waals surface area contributed by atoms with E-state index in [1.165, 1.54) is 12.1 Å². The number of carboxylic acid groups (broad SMARTS) is 1. The Balaban J connectivity index is 2.45. The van der Waals surface area contributed by atoms with Crippen molar-refractivity contribution in [3.8, 4) is 5.75 Å². The van der Waals surface area contributed by atoms with Gasteiger partial charge in [0.15, 0.2) is 0 Å². The van der Waals surface area contributed by atoms with Crippen LogP contribution in [0.15, 0.2) is 24.3 Å². The topological polar surface area (TPSA) is 98.7 Å². The molecule has 110 valence electrons. The Kier molecular flexibility index (Phi) is 5.83. The molecule has 0 aromatic heterocycles. The zero-order valence-corrected chi connectivity index (χ0v) is 11.6. The lowest BCUT2D eigenvalue weighted by molar-refractivity contribution is -0.139. The number of aliphatic carboxylic acids is 1. The summed E-state index contributed by atoms with van der Waals surface area (Å²) in [6.45, 7) is 4.05. The molecule has 0 aliphatic heterocycles. The van der Waals surface area contributed by atoms with Crippen LogP contribution in [0.3, 0.4) is 0 Å². The van der Waals surface area contributed by atoms with E-state index >= 15 is 0 Å². The highest BCUT2D eigenvalue weighted by Gasteiger charge is 2.20. The number of benzene rings is 1. The van der Waals surface area contributed by atoms with Gasteiger partial charge in [-0.3, -0.25) is 0 Å². The van der Waals surface area contributed by atoms with Gasteiger partial charge in [-0.1, -0.05) is 26.0 Å². The van der Waals surface area contributed by atoms with Crippen LogP contribution in [-0.4, -0.2) is 28.3 Å². The van der Waals surface area contributed by atoms with Crippen molar-refractivity contribution >= 4 is 12.0 Å². The molecule has 1 rings (SSSR count). The van der Waals surface area contributed by atoms with E-state index in [4.69, 9.17) is 10.2 Å². The van der Waals surface area contributed by atoms with Crippen molar-refractivity contribution in [1.29, 1.82) is 0 Å². The van der Waals surface area contributed by atoms with E-state index in [9.17, 15) is 9.59 Å². The minimum Gasteiger partial charge on any atom is -0.508 e. The van der Waals surface area contributed by atoms with E-state index < -0.39 is 18.0 Å². The smallest absolute Gasteiger partial charge is 0.326 e. The van der Waals surface area contributed by atoms with Crippen LogP contribution in [0.4, 0.5) is 4.79 Å². The largest absolute Gasteiger partial charge is 0.508 e. The number of carbonyl (C=O) groups is 2. The monoisotopic (exact) mass is 280 g/mol. The third kappa shape index (κ3) is 5.60. The fraction of sp³-hybridized carbons (Fsp3) is 0.429. The summed E-state index contributed by atoms with van der Waals surface area (Å²) in [5, 5.41) is 23.2. The molecule has 0 bridgehead atoms. The number of carboxylic acids is 1. The SMILES string of the molecule is CC(C)CC(NC(=O)NCc1ccc(O)cc1)C(=O)O. The summed E-state index contributed by atoms with van der Waals surface area (Å²) < 4.78 is 0. The molecule has 6 nitrogen and oxygen atoms in total. The van der Waals surface area contributed by atoms with Crippen LogP contribution in [-0.2, 0) is 11.3 Å². The predicted octanol–water partition coefficient (Wildman–Crippen LogP) is 1.69. The van der Waals surface area contributed by atoms with Crippen molar-refractivity contribution < 1.29 is 19.8 Å². The van der Waals surface area contributed by atoms with Crippen molar-refractivity contribution in [2.75, 3.05) is 0 Å². The third-order valence-corrected chi connectivity index (χ3v) is 2.70. The zero-order valence-electron chi connectivity index (χ0n) is 11.6. The quantitative estimate of drug-likeness (QED) is 0.637. The number of phenolic OH excluding ortho intramolecular Hbond substituents is 1. The maximum Gasteiger partial charge on any atom is 0.326 e. The molecule has 20 heavy (non-hydrogen) atoms. The van der Waals surface area contributed by atoms with Crippen LogP contribution < -0.4 is 10.6 Å². The molecule has 1 unspecified atom stereocenters. The van der Waals surface area contributed by atoms with Crippen molar-refractivity contribution in [1.82, 2.24) is 10.6 Å². The highest BCUT2D eigenvalue weighted by atomic mass is 16.4. The molecule has 0 heterocycles. The maximum atomic E-state index is 11.6. The summed E-state index contributed by atoms with van der Waals surface area (Å²) in [6, 6.07) is 4.99. The molecule has 0 spiro atoms. The van der Waals surface area contributed by atoms with Crippen molar-refractivity contribution in [3.63, 3.8) is 0 Å². The fourth-order valence-electron chi connectivity index (χ4n) is 1.70. The molecule has 1 atom stereocenters. The highest BCUT2D eigenvalue weighted by Crippen LogP contribution is 2.09. The normalized spacial score (nSPS) is 11.9. The molecule has 0 saturated carbocycles. The Morgan fingerprint density at radius 3 is 2.30 bits per heavy atom. The van der Waals surface area contributed by atoms with Crippen LogP contribution in [0.5, 0.6) is 5.75 Å². The first-order valence-corrected chi connectivity index (χ1v) is 6.43. The Morgan fingerprint density at radius 1 is 1.20 bits per heavy atom. The molecule has 1 aromatic rings. The van der Waals surface area contributed by atoms with Gasteiger partial charge < -0.3 is 20.8 Å². The molecule has 6 heteroatoms. The summed E-state index contributed by atoms with van der Waals surface area (Å²) in [6.07, 6.45) is 0.377. The van der Waals surface area contributed by atoms with Gasteiger partial charge in [0.25, 0.3) is 0 Å². The molecular weight excluding hydrogens is 260 g/mol. The zero-order chi connectivity index (χ0) is 15.1. The molecule has 2 amide bonds. The highest BCUT2D eigenvalue weighted by molar-refractivity contribution is 5.82. The van der Waals surface area contributed by atoms with E-state index in [0.29, 0.717) is 6.42 Å². The lowest BCUT2D eigenvalue weighted by Crippen LogP contribution is -2.46. The summed E-state index contributed by atoms with van der Waals surface area (Å²) in [4.78, 5) is 22.7. The number of nitrogens with one attached hydrogen (secondary N) is 2. The number of phenols is 1. The number of carbonyl (C=O) groups excluding carboxylic acids is 1. The van der Waals surface area contributed by atoms with Gasteiger partial charge in [-0.05, 0) is 30.0 Å². The molecule has 1 aromatic carbocycles. The van der Waals surface area contributed by atoms with Gasteiger partial charge in [-0.25, -0.2) is 9.59 Å². The summed E-state index contributed by atoms with van der Waals surface area (Å²) in [7, 11) is 0.